The Morgan fingerprint density at radius 1 is 1.21 bits per heavy atom. The second-order valence-electron chi connectivity index (χ2n) is 9.76. The van der Waals surface area contributed by atoms with Gasteiger partial charge in [0.25, 0.3) is 0 Å². The lowest BCUT2D eigenvalue weighted by atomic mass is 9.79. The van der Waals surface area contributed by atoms with E-state index >= 15 is 0 Å². The van der Waals surface area contributed by atoms with Crippen molar-refractivity contribution in [2.75, 3.05) is 26.7 Å². The number of benzene rings is 2. The number of carboxylic acids is 1. The van der Waals surface area contributed by atoms with Crippen molar-refractivity contribution < 1.29 is 19.7 Å². The molecule has 1 aromatic heterocycles. The molecule has 2 N–H and O–H groups in total. The highest BCUT2D eigenvalue weighted by Gasteiger charge is 2.30. The monoisotopic (exact) mass is 554 g/mol. The van der Waals surface area contributed by atoms with Crippen LogP contribution in [-0.2, 0) is 4.79 Å². The summed E-state index contributed by atoms with van der Waals surface area (Å²) in [5.74, 6) is 6.80. The molecule has 1 aliphatic heterocycles. The average molecular weight is 556 g/mol. The first-order chi connectivity index (χ1) is 18.4. The van der Waals surface area contributed by atoms with Crippen molar-refractivity contribution in [3.8, 4) is 17.6 Å². The van der Waals surface area contributed by atoms with E-state index in [0.29, 0.717) is 40.9 Å². The number of aliphatic hydroxyl groups is 1. The molecular weight excluding hydrogens is 523 g/mol. The molecule has 3 atom stereocenters. The molecule has 0 saturated carbocycles. The summed E-state index contributed by atoms with van der Waals surface area (Å²) < 4.78 is 5.36. The zero-order valence-corrected chi connectivity index (χ0v) is 22.9. The summed E-state index contributed by atoms with van der Waals surface area (Å²) in [4.78, 5) is 18.0. The number of aliphatic carboxylic acids is 1. The van der Waals surface area contributed by atoms with Gasteiger partial charge in [-0.2, -0.15) is 0 Å². The number of nitrogens with zero attached hydrogens (tertiary/aromatic N) is 2. The number of rotatable bonds is 9. The van der Waals surface area contributed by atoms with Crippen LogP contribution in [0.25, 0.3) is 10.9 Å². The number of hydrogen-bond acceptors (Lipinski definition) is 5. The molecule has 200 valence electrons. The molecule has 2 heterocycles. The van der Waals surface area contributed by atoms with Gasteiger partial charge in [0.2, 0.25) is 0 Å². The molecule has 0 aliphatic carbocycles. The number of ether oxygens (including phenoxy) is 1. The zero-order valence-electron chi connectivity index (χ0n) is 21.4. The maximum Gasteiger partial charge on any atom is 0.303 e. The Morgan fingerprint density at radius 3 is 2.84 bits per heavy atom. The van der Waals surface area contributed by atoms with Crippen molar-refractivity contribution in [3.63, 3.8) is 0 Å². The Hall–Kier alpha value is -2.82. The number of methoxy groups -OCH3 is 1. The molecule has 1 saturated heterocycles. The fraction of sp³-hybridized carbons (Fsp3) is 0.400. The lowest BCUT2D eigenvalue weighted by Crippen LogP contribution is -2.41. The molecule has 0 radical (unpaired) electrons. The number of aromatic nitrogens is 1. The summed E-state index contributed by atoms with van der Waals surface area (Å²) >= 11 is 12.3. The van der Waals surface area contributed by atoms with Crippen molar-refractivity contribution in [3.05, 3.63) is 69.8 Å². The van der Waals surface area contributed by atoms with E-state index in [0.717, 1.165) is 48.1 Å². The van der Waals surface area contributed by atoms with Crippen molar-refractivity contribution >= 4 is 40.1 Å². The number of carbonyl (C=O) groups is 1. The molecule has 1 fully saturated rings. The van der Waals surface area contributed by atoms with Crippen molar-refractivity contribution in [2.45, 2.75) is 38.2 Å². The van der Waals surface area contributed by atoms with Crippen LogP contribution >= 0.6 is 23.2 Å². The first-order valence-electron chi connectivity index (χ1n) is 12.8. The lowest BCUT2D eigenvalue weighted by Gasteiger charge is -2.38. The van der Waals surface area contributed by atoms with E-state index in [1.165, 1.54) is 0 Å². The number of piperidine rings is 1. The minimum atomic E-state index is -0.784. The smallest absolute Gasteiger partial charge is 0.303 e. The van der Waals surface area contributed by atoms with Crippen LogP contribution in [0.1, 0.15) is 49.3 Å². The lowest BCUT2D eigenvalue weighted by molar-refractivity contribution is -0.137. The summed E-state index contributed by atoms with van der Waals surface area (Å²) in [6.07, 6.45) is 4.17. The summed E-state index contributed by atoms with van der Waals surface area (Å²) in [6, 6.07) is 12.9. The number of aliphatic hydroxyl groups excluding tert-OH is 1. The van der Waals surface area contributed by atoms with Gasteiger partial charge in [0.1, 0.15) is 5.75 Å². The fourth-order valence-electron chi connectivity index (χ4n) is 5.25. The Kier molecular flexibility index (Phi) is 9.87. The topological polar surface area (TPSA) is 82.9 Å². The molecular formula is C30H32Cl2N2O4. The molecule has 2 aromatic carbocycles. The Bertz CT molecular complexity index is 1340. The molecule has 6 nitrogen and oxygen atoms in total. The van der Waals surface area contributed by atoms with Gasteiger partial charge in [-0.3, -0.25) is 14.7 Å². The van der Waals surface area contributed by atoms with E-state index in [1.807, 2.05) is 36.4 Å². The molecule has 0 spiro atoms. The van der Waals surface area contributed by atoms with E-state index in [-0.39, 0.29) is 12.3 Å². The summed E-state index contributed by atoms with van der Waals surface area (Å²) in [5.41, 5.74) is 2.35. The number of likely N-dealkylation sites (tertiary alicyclic amines) is 1. The number of halogens is 2. The van der Waals surface area contributed by atoms with Crippen LogP contribution in [0.5, 0.6) is 5.75 Å². The fourth-order valence-corrected chi connectivity index (χ4v) is 5.60. The Morgan fingerprint density at radius 2 is 2.05 bits per heavy atom. The van der Waals surface area contributed by atoms with Gasteiger partial charge in [-0.1, -0.05) is 41.1 Å². The number of hydrogen-bond donors (Lipinski definition) is 2. The van der Waals surface area contributed by atoms with E-state index in [1.54, 1.807) is 19.4 Å². The van der Waals surface area contributed by atoms with Crippen LogP contribution in [0.4, 0.5) is 0 Å². The van der Waals surface area contributed by atoms with Crippen molar-refractivity contribution in [1.29, 1.82) is 0 Å². The standard InChI is InChI=1S/C30H32Cl2N2O4/c1-38-23-9-10-27-25(18-23)24(13-15-33-27)28(35)11-7-20-14-17-34(19-22(20)8-12-29(36)37)16-3-5-21-4-2-6-26(31)30(21)32/h2,4,6,9-10,13,15,18,20,22,28,35H,7-8,11-12,14,16-17,19H2,1H3,(H,36,37)/t20?,22?,28-/m0/s1. The molecule has 4 rings (SSSR count). The molecule has 0 bridgehead atoms. The predicted octanol–water partition coefficient (Wildman–Crippen LogP) is 6.22. The van der Waals surface area contributed by atoms with E-state index < -0.39 is 12.1 Å². The molecule has 2 unspecified atom stereocenters. The van der Waals surface area contributed by atoms with Gasteiger partial charge in [-0.25, -0.2) is 0 Å². The third-order valence-electron chi connectivity index (χ3n) is 7.33. The molecule has 0 amide bonds. The zero-order chi connectivity index (χ0) is 27.1. The number of carboxylic acid groups (broad SMARTS) is 1. The highest BCUT2D eigenvalue weighted by Crippen LogP contribution is 2.35. The highest BCUT2D eigenvalue weighted by atomic mass is 35.5. The third kappa shape index (κ3) is 7.18. The maximum absolute atomic E-state index is 11.3. The summed E-state index contributed by atoms with van der Waals surface area (Å²) in [7, 11) is 1.62. The van der Waals surface area contributed by atoms with Gasteiger partial charge in [0, 0.05) is 30.1 Å². The quantitative estimate of drug-likeness (QED) is 0.305. The second kappa shape index (κ2) is 13.3. The van der Waals surface area contributed by atoms with Gasteiger partial charge >= 0.3 is 5.97 Å². The van der Waals surface area contributed by atoms with Crippen LogP contribution in [0.15, 0.2) is 48.7 Å². The minimum absolute atomic E-state index is 0.135. The molecule has 8 heteroatoms. The van der Waals surface area contributed by atoms with Crippen molar-refractivity contribution in [1.82, 2.24) is 9.88 Å². The van der Waals surface area contributed by atoms with Crippen LogP contribution in [0.3, 0.4) is 0 Å². The van der Waals surface area contributed by atoms with Crippen molar-refractivity contribution in [2.24, 2.45) is 11.8 Å². The summed E-state index contributed by atoms with van der Waals surface area (Å²) in [5, 5.41) is 22.3. The van der Waals surface area contributed by atoms with Gasteiger partial charge in [-0.15, -0.1) is 0 Å². The van der Waals surface area contributed by atoms with Gasteiger partial charge in [-0.05, 0) is 86.0 Å². The van der Waals surface area contributed by atoms with Crippen LogP contribution in [-0.4, -0.2) is 52.8 Å². The first-order valence-corrected chi connectivity index (χ1v) is 13.6. The predicted molar refractivity (Wildman–Crippen MR) is 151 cm³/mol. The van der Waals surface area contributed by atoms with E-state index in [9.17, 15) is 15.0 Å². The van der Waals surface area contributed by atoms with Crippen LogP contribution < -0.4 is 4.74 Å². The Labute approximate surface area is 233 Å². The molecule has 38 heavy (non-hydrogen) atoms. The van der Waals surface area contributed by atoms with Crippen LogP contribution in [0, 0.1) is 23.7 Å². The van der Waals surface area contributed by atoms with Gasteiger partial charge in [0.05, 0.1) is 35.3 Å². The van der Waals surface area contributed by atoms with E-state index in [2.05, 4.69) is 21.7 Å². The minimum Gasteiger partial charge on any atom is -0.497 e. The third-order valence-corrected chi connectivity index (χ3v) is 8.15. The van der Waals surface area contributed by atoms with Gasteiger partial charge in [0.15, 0.2) is 0 Å². The van der Waals surface area contributed by atoms with Crippen LogP contribution in [0.2, 0.25) is 10.0 Å². The SMILES string of the molecule is COc1ccc2nccc([C@@H](O)CCC3CCN(CC#Cc4cccc(Cl)c4Cl)CC3CCC(=O)O)c2c1. The largest absolute Gasteiger partial charge is 0.497 e. The molecule has 3 aromatic rings. The Balaban J connectivity index is 1.40. The highest BCUT2D eigenvalue weighted by molar-refractivity contribution is 6.42. The maximum atomic E-state index is 11.3. The number of fused-ring (bicyclic) bond motifs is 1. The second-order valence-corrected chi connectivity index (χ2v) is 10.5. The first kappa shape index (κ1) is 28.2. The normalized spacial score (nSPS) is 18.5. The molecule has 1 aliphatic rings. The van der Waals surface area contributed by atoms with Gasteiger partial charge < -0.3 is 14.9 Å². The summed E-state index contributed by atoms with van der Waals surface area (Å²) in [6.45, 7) is 2.23. The average Bonchev–Trinajstić information content (AvgIpc) is 2.92. The van der Waals surface area contributed by atoms with E-state index in [4.69, 9.17) is 27.9 Å². The number of pyridine rings is 1.